The van der Waals surface area contributed by atoms with Gasteiger partial charge in [0.05, 0.1) is 6.61 Å². The van der Waals surface area contributed by atoms with Crippen LogP contribution in [-0.4, -0.2) is 19.7 Å². The molecule has 0 radical (unpaired) electrons. The molecule has 0 aromatic heterocycles. The van der Waals surface area contributed by atoms with Crippen LogP contribution in [0.15, 0.2) is 16.6 Å². The van der Waals surface area contributed by atoms with E-state index in [0.29, 0.717) is 5.92 Å². The Hall–Kier alpha value is -0.540. The van der Waals surface area contributed by atoms with Crippen LogP contribution in [0.3, 0.4) is 0 Å². The summed E-state index contributed by atoms with van der Waals surface area (Å²) in [6.45, 7) is 7.46. The van der Waals surface area contributed by atoms with Gasteiger partial charge in [0.25, 0.3) is 0 Å². The van der Waals surface area contributed by atoms with Gasteiger partial charge in [-0.1, -0.05) is 29.8 Å². The summed E-state index contributed by atoms with van der Waals surface area (Å²) in [5.41, 5.74) is 2.72. The summed E-state index contributed by atoms with van der Waals surface area (Å²) in [5.74, 6) is 1.86. The molecule has 1 aromatic carbocycles. The highest BCUT2D eigenvalue weighted by Gasteiger charge is 2.17. The molecule has 0 spiro atoms. The van der Waals surface area contributed by atoms with Crippen LogP contribution in [0.1, 0.15) is 31.4 Å². The minimum atomic E-state index is 0.709. The van der Waals surface area contributed by atoms with Crippen LogP contribution in [0.4, 0.5) is 0 Å². The number of fused-ring (bicyclic) bond motifs is 1. The Morgan fingerprint density at radius 1 is 1.44 bits per heavy atom. The normalized spacial score (nSPS) is 15.3. The minimum absolute atomic E-state index is 0.709. The molecule has 100 valence electrons. The van der Waals surface area contributed by atoms with Gasteiger partial charge in [-0.05, 0) is 55.1 Å². The highest BCUT2D eigenvalue weighted by molar-refractivity contribution is 9.10. The predicted molar refractivity (Wildman–Crippen MR) is 79.4 cm³/mol. The molecule has 18 heavy (non-hydrogen) atoms. The molecular weight excluding hydrogens is 290 g/mol. The van der Waals surface area contributed by atoms with Crippen molar-refractivity contribution in [2.75, 3.05) is 19.7 Å². The number of rotatable bonds is 6. The summed E-state index contributed by atoms with van der Waals surface area (Å²) in [6.07, 6.45) is 3.36. The predicted octanol–water partition coefficient (Wildman–Crippen LogP) is 3.56. The molecule has 0 bridgehead atoms. The maximum absolute atomic E-state index is 5.76. The van der Waals surface area contributed by atoms with Crippen LogP contribution < -0.4 is 10.1 Å². The molecule has 2 rings (SSSR count). The fourth-order valence-electron chi connectivity index (χ4n) is 2.43. The number of nitrogens with one attached hydrogen (secondary N) is 1. The summed E-state index contributed by atoms with van der Waals surface area (Å²) in [5, 5.41) is 3.41. The first-order valence-corrected chi connectivity index (χ1v) is 7.64. The summed E-state index contributed by atoms with van der Waals surface area (Å²) in [6, 6.07) is 4.40. The second-order valence-electron chi connectivity index (χ2n) is 5.10. The van der Waals surface area contributed by atoms with E-state index in [1.165, 1.54) is 22.0 Å². The molecule has 1 unspecified atom stereocenters. The first-order chi connectivity index (χ1) is 8.70. The molecule has 0 aliphatic carbocycles. The highest BCUT2D eigenvalue weighted by atomic mass is 79.9. The average molecular weight is 312 g/mol. The lowest BCUT2D eigenvalue weighted by atomic mass is 9.98. The Kier molecular flexibility index (Phi) is 5.07. The van der Waals surface area contributed by atoms with E-state index >= 15 is 0 Å². The smallest absolute Gasteiger partial charge is 0.125 e. The minimum Gasteiger partial charge on any atom is -0.493 e. The topological polar surface area (TPSA) is 21.3 Å². The zero-order valence-corrected chi connectivity index (χ0v) is 12.8. The Labute approximate surface area is 118 Å². The van der Waals surface area contributed by atoms with E-state index < -0.39 is 0 Å². The van der Waals surface area contributed by atoms with Gasteiger partial charge in [-0.2, -0.15) is 0 Å². The van der Waals surface area contributed by atoms with Crippen molar-refractivity contribution in [3.8, 4) is 5.75 Å². The number of benzene rings is 1. The van der Waals surface area contributed by atoms with Gasteiger partial charge in [0.15, 0.2) is 0 Å². The van der Waals surface area contributed by atoms with Crippen LogP contribution in [0.25, 0.3) is 0 Å². The third-order valence-corrected chi connectivity index (χ3v) is 3.93. The summed E-state index contributed by atoms with van der Waals surface area (Å²) >= 11 is 3.60. The van der Waals surface area contributed by atoms with Gasteiger partial charge >= 0.3 is 0 Å². The number of hydrogen-bond acceptors (Lipinski definition) is 2. The molecule has 1 aromatic rings. The standard InChI is InChI=1S/C15H22BrNO/c1-3-17-10-11(2)4-5-12-8-14(16)9-13-6-7-18-15(12)13/h8-9,11,17H,3-7,10H2,1-2H3. The third-order valence-electron chi connectivity index (χ3n) is 3.47. The van der Waals surface area contributed by atoms with E-state index in [-0.39, 0.29) is 0 Å². The average Bonchev–Trinajstić information content (AvgIpc) is 2.81. The lowest BCUT2D eigenvalue weighted by Crippen LogP contribution is -2.20. The molecule has 1 aliphatic heterocycles. The quantitative estimate of drug-likeness (QED) is 0.867. The van der Waals surface area contributed by atoms with E-state index in [9.17, 15) is 0 Å². The Morgan fingerprint density at radius 3 is 3.06 bits per heavy atom. The van der Waals surface area contributed by atoms with Crippen LogP contribution in [-0.2, 0) is 12.8 Å². The number of halogens is 1. The molecule has 0 amide bonds. The molecule has 1 aliphatic rings. The van der Waals surface area contributed by atoms with Crippen LogP contribution in [0.2, 0.25) is 0 Å². The van der Waals surface area contributed by atoms with Crippen molar-refractivity contribution in [2.24, 2.45) is 5.92 Å². The van der Waals surface area contributed by atoms with E-state index in [1.54, 1.807) is 0 Å². The number of ether oxygens (including phenoxy) is 1. The van der Waals surface area contributed by atoms with Gasteiger partial charge in [0.1, 0.15) is 5.75 Å². The van der Waals surface area contributed by atoms with Crippen molar-refractivity contribution in [3.63, 3.8) is 0 Å². The molecular formula is C15H22BrNO. The fourth-order valence-corrected chi connectivity index (χ4v) is 2.98. The van der Waals surface area contributed by atoms with E-state index in [0.717, 1.165) is 38.3 Å². The van der Waals surface area contributed by atoms with Crippen LogP contribution >= 0.6 is 15.9 Å². The van der Waals surface area contributed by atoms with E-state index in [4.69, 9.17) is 4.74 Å². The van der Waals surface area contributed by atoms with Gasteiger partial charge in [-0.3, -0.25) is 0 Å². The highest BCUT2D eigenvalue weighted by Crippen LogP contribution is 2.34. The van der Waals surface area contributed by atoms with Crippen molar-refractivity contribution in [1.82, 2.24) is 5.32 Å². The zero-order valence-electron chi connectivity index (χ0n) is 11.3. The Balaban J connectivity index is 1.97. The van der Waals surface area contributed by atoms with Crippen molar-refractivity contribution in [3.05, 3.63) is 27.7 Å². The second-order valence-corrected chi connectivity index (χ2v) is 6.02. The molecule has 1 N–H and O–H groups in total. The summed E-state index contributed by atoms with van der Waals surface area (Å²) in [4.78, 5) is 0. The van der Waals surface area contributed by atoms with Gasteiger partial charge < -0.3 is 10.1 Å². The maximum Gasteiger partial charge on any atom is 0.125 e. The van der Waals surface area contributed by atoms with Crippen LogP contribution in [0.5, 0.6) is 5.75 Å². The Bertz CT molecular complexity index is 406. The first kappa shape index (κ1) is 13.9. The van der Waals surface area contributed by atoms with E-state index in [2.05, 4.69) is 47.2 Å². The monoisotopic (exact) mass is 311 g/mol. The SMILES string of the molecule is CCNCC(C)CCc1cc(Br)cc2c1OCC2. The molecule has 1 heterocycles. The molecule has 0 fully saturated rings. The van der Waals surface area contributed by atoms with Crippen molar-refractivity contribution >= 4 is 15.9 Å². The zero-order chi connectivity index (χ0) is 13.0. The second kappa shape index (κ2) is 6.58. The number of aryl methyl sites for hydroxylation is 1. The summed E-state index contributed by atoms with van der Waals surface area (Å²) < 4.78 is 6.94. The maximum atomic E-state index is 5.76. The van der Waals surface area contributed by atoms with Crippen molar-refractivity contribution in [2.45, 2.75) is 33.1 Å². The lowest BCUT2D eigenvalue weighted by Gasteiger charge is -2.13. The lowest BCUT2D eigenvalue weighted by molar-refractivity contribution is 0.352. The molecule has 0 saturated carbocycles. The summed E-state index contributed by atoms with van der Waals surface area (Å²) in [7, 11) is 0. The first-order valence-electron chi connectivity index (χ1n) is 6.85. The molecule has 1 atom stereocenters. The number of hydrogen-bond donors (Lipinski definition) is 1. The molecule has 0 saturated heterocycles. The van der Waals surface area contributed by atoms with Gasteiger partial charge in [-0.25, -0.2) is 0 Å². The van der Waals surface area contributed by atoms with Crippen molar-refractivity contribution in [1.29, 1.82) is 0 Å². The molecule has 3 heteroatoms. The van der Waals surface area contributed by atoms with E-state index in [1.807, 2.05) is 0 Å². The van der Waals surface area contributed by atoms with Gasteiger partial charge in [-0.15, -0.1) is 0 Å². The fraction of sp³-hybridized carbons (Fsp3) is 0.600. The largest absolute Gasteiger partial charge is 0.493 e. The molecule has 2 nitrogen and oxygen atoms in total. The van der Waals surface area contributed by atoms with Gasteiger partial charge in [0, 0.05) is 10.9 Å². The van der Waals surface area contributed by atoms with Crippen LogP contribution in [0, 0.1) is 5.92 Å². The third kappa shape index (κ3) is 3.48. The van der Waals surface area contributed by atoms with Crippen molar-refractivity contribution < 1.29 is 4.74 Å². The van der Waals surface area contributed by atoms with Gasteiger partial charge in [0.2, 0.25) is 0 Å². The Morgan fingerprint density at radius 2 is 2.28 bits per heavy atom.